The van der Waals surface area contributed by atoms with Crippen LogP contribution in [0.5, 0.6) is 0 Å². The number of carbonyl (C=O) groups is 3. The van der Waals surface area contributed by atoms with Crippen molar-refractivity contribution in [3.8, 4) is 0 Å². The minimum atomic E-state index is -0.442. The maximum absolute atomic E-state index is 13.6. The first-order valence-electron chi connectivity index (χ1n) is 20.6. The minimum Gasteiger partial charge on any atom is -0.462 e. The van der Waals surface area contributed by atoms with E-state index < -0.39 is 5.97 Å². The first-order chi connectivity index (χ1) is 26.3. The Bertz CT molecular complexity index is 1550. The molecule has 2 aromatic heterocycles. The SMILES string of the molecule is CCOC(=O)c1cnc(Nc2cnn(C)c2)nc1NC1CCC(N2CCN(C(=O)C3CCC(C(=O)N4CCN(CC[C@@H]5CCNC5)CC4)CC3)CC2)CC1. The Hall–Kier alpha value is -3.82. The van der Waals surface area contributed by atoms with E-state index in [4.69, 9.17) is 4.74 Å². The molecule has 7 rings (SSSR count). The molecule has 2 amide bonds. The average molecular weight is 748 g/mol. The Balaban J connectivity index is 0.816. The van der Waals surface area contributed by atoms with Crippen molar-refractivity contribution in [2.24, 2.45) is 24.8 Å². The first-order valence-corrected chi connectivity index (χ1v) is 20.6. The van der Waals surface area contributed by atoms with Crippen LogP contribution in [0, 0.1) is 17.8 Å². The van der Waals surface area contributed by atoms with Gasteiger partial charge in [0.25, 0.3) is 0 Å². The molecule has 3 N–H and O–H groups in total. The number of ether oxygens (including phenoxy) is 1. The number of aryl methyl sites for hydroxylation is 1. The number of amides is 2. The molecule has 2 aromatic rings. The summed E-state index contributed by atoms with van der Waals surface area (Å²) in [6.07, 6.45) is 14.9. The summed E-state index contributed by atoms with van der Waals surface area (Å²) in [6.45, 7) is 12.5. The van der Waals surface area contributed by atoms with Gasteiger partial charge in [0.2, 0.25) is 17.8 Å². The molecule has 0 spiro atoms. The standard InChI is InChI=1S/C39H61N11O4/c1-3-54-38(53)34-26-41-39(44-32-25-42-46(2)27-32)45-35(34)43-31-8-10-33(11-9-31)48-20-22-50(23-21-48)37(52)30-6-4-29(5-7-30)36(51)49-18-16-47(17-19-49)15-13-28-12-14-40-24-28/h25-31,33,40H,3-24H2,1-2H3,(H2,41,43,44,45)/t28-,29?,30?,31?,33?/m0/s1. The van der Waals surface area contributed by atoms with Crippen molar-refractivity contribution in [3.63, 3.8) is 0 Å². The largest absolute Gasteiger partial charge is 0.462 e. The van der Waals surface area contributed by atoms with Crippen LogP contribution in [0.15, 0.2) is 18.6 Å². The second-order valence-electron chi connectivity index (χ2n) is 16.1. The third kappa shape index (κ3) is 9.69. The highest BCUT2D eigenvalue weighted by Crippen LogP contribution is 2.33. The van der Waals surface area contributed by atoms with Crippen LogP contribution in [-0.4, -0.2) is 148 Å². The number of hydrogen-bond acceptors (Lipinski definition) is 12. The Morgan fingerprint density at radius 1 is 0.852 bits per heavy atom. The third-order valence-electron chi connectivity index (χ3n) is 12.6. The molecule has 0 radical (unpaired) electrons. The Morgan fingerprint density at radius 3 is 2.11 bits per heavy atom. The summed E-state index contributed by atoms with van der Waals surface area (Å²) in [6, 6.07) is 0.653. The van der Waals surface area contributed by atoms with E-state index in [-0.39, 0.29) is 24.5 Å². The van der Waals surface area contributed by atoms with E-state index in [2.05, 4.69) is 50.6 Å². The second-order valence-corrected chi connectivity index (χ2v) is 16.1. The van der Waals surface area contributed by atoms with E-state index in [1.807, 2.05) is 13.2 Å². The molecule has 5 aliphatic rings. The number of rotatable bonds is 12. The van der Waals surface area contributed by atoms with Gasteiger partial charge >= 0.3 is 5.97 Å². The zero-order chi connectivity index (χ0) is 37.4. The van der Waals surface area contributed by atoms with Gasteiger partial charge in [0, 0.05) is 95.7 Å². The van der Waals surface area contributed by atoms with Gasteiger partial charge in [0.1, 0.15) is 11.4 Å². The highest BCUT2D eigenvalue weighted by Gasteiger charge is 2.37. The van der Waals surface area contributed by atoms with E-state index in [0.717, 1.165) is 135 Å². The van der Waals surface area contributed by atoms with Crippen molar-refractivity contribution in [3.05, 3.63) is 24.2 Å². The van der Waals surface area contributed by atoms with Crippen molar-refractivity contribution in [2.75, 3.05) is 89.2 Å². The van der Waals surface area contributed by atoms with Gasteiger partial charge in [-0.25, -0.2) is 9.78 Å². The van der Waals surface area contributed by atoms with Crippen LogP contribution in [0.3, 0.4) is 0 Å². The predicted molar refractivity (Wildman–Crippen MR) is 206 cm³/mol. The Labute approximate surface area is 319 Å². The van der Waals surface area contributed by atoms with Crippen LogP contribution < -0.4 is 16.0 Å². The number of aromatic nitrogens is 4. The first kappa shape index (κ1) is 38.5. The van der Waals surface area contributed by atoms with E-state index >= 15 is 0 Å². The molecule has 2 saturated carbocycles. The maximum Gasteiger partial charge on any atom is 0.343 e. The fraction of sp³-hybridized carbons (Fsp3) is 0.744. The zero-order valence-corrected chi connectivity index (χ0v) is 32.4. The molecule has 3 saturated heterocycles. The lowest BCUT2D eigenvalue weighted by atomic mass is 9.80. The molecule has 296 valence electrons. The molecule has 3 aliphatic heterocycles. The Kier molecular flexibility index (Phi) is 13.0. The number of esters is 1. The number of hydrogen-bond donors (Lipinski definition) is 3. The third-order valence-corrected chi connectivity index (χ3v) is 12.6. The molecule has 2 aliphatic carbocycles. The minimum absolute atomic E-state index is 0.0467. The molecular weight excluding hydrogens is 687 g/mol. The van der Waals surface area contributed by atoms with Crippen LogP contribution in [0.25, 0.3) is 0 Å². The smallest absolute Gasteiger partial charge is 0.343 e. The van der Waals surface area contributed by atoms with Crippen molar-refractivity contribution >= 4 is 35.2 Å². The van der Waals surface area contributed by atoms with Gasteiger partial charge in [-0.1, -0.05) is 0 Å². The van der Waals surface area contributed by atoms with Crippen molar-refractivity contribution < 1.29 is 19.1 Å². The lowest BCUT2D eigenvalue weighted by Gasteiger charge is -2.43. The highest BCUT2D eigenvalue weighted by atomic mass is 16.5. The summed E-state index contributed by atoms with van der Waals surface area (Å²) >= 11 is 0. The summed E-state index contributed by atoms with van der Waals surface area (Å²) in [5.74, 6) is 1.96. The van der Waals surface area contributed by atoms with E-state index in [0.29, 0.717) is 35.2 Å². The normalized spacial score (nSPS) is 27.1. The molecule has 5 heterocycles. The van der Waals surface area contributed by atoms with Crippen LogP contribution in [-0.2, 0) is 21.4 Å². The molecule has 5 fully saturated rings. The summed E-state index contributed by atoms with van der Waals surface area (Å²) in [7, 11) is 1.84. The predicted octanol–water partition coefficient (Wildman–Crippen LogP) is 2.95. The second kappa shape index (κ2) is 18.2. The molecule has 0 unspecified atom stereocenters. The summed E-state index contributed by atoms with van der Waals surface area (Å²) in [4.78, 5) is 58.0. The van der Waals surface area contributed by atoms with Crippen molar-refractivity contribution in [1.29, 1.82) is 0 Å². The highest BCUT2D eigenvalue weighted by molar-refractivity contribution is 5.94. The molecule has 15 nitrogen and oxygen atoms in total. The fourth-order valence-electron chi connectivity index (χ4n) is 9.23. The molecule has 0 bridgehead atoms. The van der Waals surface area contributed by atoms with Gasteiger partial charge in [0.15, 0.2) is 0 Å². The lowest BCUT2D eigenvalue weighted by Crippen LogP contribution is -2.54. The number of carbonyl (C=O) groups excluding carboxylic acids is 3. The molecule has 54 heavy (non-hydrogen) atoms. The number of nitrogens with one attached hydrogen (secondary N) is 3. The van der Waals surface area contributed by atoms with Crippen LogP contribution in [0.1, 0.15) is 81.5 Å². The molecular formula is C39H61N11O4. The monoisotopic (exact) mass is 747 g/mol. The van der Waals surface area contributed by atoms with Gasteiger partial charge in [-0.3, -0.25) is 24.1 Å². The summed E-state index contributed by atoms with van der Waals surface area (Å²) in [5, 5.41) is 14.3. The van der Waals surface area contributed by atoms with Crippen molar-refractivity contribution in [2.45, 2.75) is 83.2 Å². The van der Waals surface area contributed by atoms with E-state index in [1.54, 1.807) is 17.8 Å². The van der Waals surface area contributed by atoms with Gasteiger partial charge in [-0.05, 0) is 96.7 Å². The maximum atomic E-state index is 13.6. The van der Waals surface area contributed by atoms with Crippen LogP contribution >= 0.6 is 0 Å². The zero-order valence-electron chi connectivity index (χ0n) is 32.4. The van der Waals surface area contributed by atoms with Gasteiger partial charge in [-0.15, -0.1) is 0 Å². The topological polar surface area (TPSA) is 153 Å². The molecule has 15 heteroatoms. The number of nitrogens with zero attached hydrogens (tertiary/aromatic N) is 8. The average Bonchev–Trinajstić information content (AvgIpc) is 3.89. The van der Waals surface area contributed by atoms with Gasteiger partial charge < -0.3 is 30.5 Å². The summed E-state index contributed by atoms with van der Waals surface area (Å²) in [5.41, 5.74) is 1.09. The number of piperazine rings is 2. The summed E-state index contributed by atoms with van der Waals surface area (Å²) < 4.78 is 6.99. The lowest BCUT2D eigenvalue weighted by molar-refractivity contribution is -0.143. The van der Waals surface area contributed by atoms with Crippen molar-refractivity contribution in [1.82, 2.24) is 44.7 Å². The van der Waals surface area contributed by atoms with E-state index in [1.165, 1.54) is 19.0 Å². The van der Waals surface area contributed by atoms with Gasteiger partial charge in [-0.2, -0.15) is 10.1 Å². The number of anilines is 3. The molecule has 0 aromatic carbocycles. The quantitative estimate of drug-likeness (QED) is 0.274. The van der Waals surface area contributed by atoms with Crippen LogP contribution in [0.4, 0.5) is 17.5 Å². The van der Waals surface area contributed by atoms with Gasteiger partial charge in [0.05, 0.1) is 18.5 Å². The molecule has 1 atom stereocenters. The van der Waals surface area contributed by atoms with Crippen LogP contribution in [0.2, 0.25) is 0 Å². The van der Waals surface area contributed by atoms with E-state index in [9.17, 15) is 14.4 Å². The fourth-order valence-corrected chi connectivity index (χ4v) is 9.23. The Morgan fingerprint density at radius 2 is 1.52 bits per heavy atom.